The molecule has 0 aliphatic carbocycles. The number of aliphatic imine (C=N–C) groups is 1. The molecule has 108 valence electrons. The van der Waals surface area contributed by atoms with Crippen LogP contribution in [0.2, 0.25) is 0 Å². The van der Waals surface area contributed by atoms with Crippen LogP contribution in [-0.4, -0.2) is 34.7 Å². The molecular formula is C14H21N5O. The van der Waals surface area contributed by atoms with Crippen LogP contribution in [0.3, 0.4) is 0 Å². The van der Waals surface area contributed by atoms with Gasteiger partial charge in [0, 0.05) is 39.1 Å². The maximum atomic E-state index is 5.17. The van der Waals surface area contributed by atoms with Crippen LogP contribution in [0.25, 0.3) is 0 Å². The Morgan fingerprint density at radius 1 is 1.55 bits per heavy atom. The van der Waals surface area contributed by atoms with E-state index in [4.69, 9.17) is 4.52 Å². The molecule has 20 heavy (non-hydrogen) atoms. The average Bonchev–Trinajstić information content (AvgIpc) is 3.00. The molecule has 0 aromatic carbocycles. The van der Waals surface area contributed by atoms with Crippen molar-refractivity contribution < 1.29 is 4.52 Å². The van der Waals surface area contributed by atoms with Gasteiger partial charge in [0.15, 0.2) is 11.7 Å². The zero-order valence-corrected chi connectivity index (χ0v) is 12.4. The first-order valence-corrected chi connectivity index (χ1v) is 6.54. The van der Waals surface area contributed by atoms with Gasteiger partial charge in [-0.05, 0) is 19.1 Å². The summed E-state index contributed by atoms with van der Waals surface area (Å²) in [5.74, 6) is 1.62. The van der Waals surface area contributed by atoms with Gasteiger partial charge in [-0.2, -0.15) is 0 Å². The Bertz CT molecular complexity index is 584. The summed E-state index contributed by atoms with van der Waals surface area (Å²) in [4.78, 5) is 6.35. The summed E-state index contributed by atoms with van der Waals surface area (Å²) in [7, 11) is 5.82. The van der Waals surface area contributed by atoms with E-state index in [0.717, 1.165) is 24.0 Å². The Kier molecular flexibility index (Phi) is 4.45. The topological polar surface area (TPSA) is 58.6 Å². The molecule has 0 aliphatic rings. The fourth-order valence-electron chi connectivity index (χ4n) is 2.03. The molecule has 2 aromatic heterocycles. The lowest BCUT2D eigenvalue weighted by Crippen LogP contribution is -2.38. The highest BCUT2D eigenvalue weighted by atomic mass is 16.5. The van der Waals surface area contributed by atoms with Gasteiger partial charge in [0.1, 0.15) is 0 Å². The second-order valence-electron chi connectivity index (χ2n) is 4.80. The predicted molar refractivity (Wildman–Crippen MR) is 78.3 cm³/mol. The SMILES string of the molecule is CN=C(NCc1cc(C)no1)N(C)Cc1cccn1C. The molecule has 0 amide bonds. The Balaban J connectivity index is 1.93. The largest absolute Gasteiger partial charge is 0.359 e. The van der Waals surface area contributed by atoms with Crippen molar-refractivity contribution in [2.75, 3.05) is 14.1 Å². The molecule has 1 N–H and O–H groups in total. The third kappa shape index (κ3) is 3.40. The van der Waals surface area contributed by atoms with Crippen molar-refractivity contribution in [1.29, 1.82) is 0 Å². The molecular weight excluding hydrogens is 254 g/mol. The van der Waals surface area contributed by atoms with Gasteiger partial charge in [-0.25, -0.2) is 0 Å². The van der Waals surface area contributed by atoms with Gasteiger partial charge in [-0.1, -0.05) is 5.16 Å². The number of guanidine groups is 1. The fourth-order valence-corrected chi connectivity index (χ4v) is 2.03. The van der Waals surface area contributed by atoms with E-state index in [-0.39, 0.29) is 0 Å². The lowest BCUT2D eigenvalue weighted by molar-refractivity contribution is 0.372. The van der Waals surface area contributed by atoms with Gasteiger partial charge in [0.25, 0.3) is 0 Å². The van der Waals surface area contributed by atoms with Gasteiger partial charge >= 0.3 is 0 Å². The van der Waals surface area contributed by atoms with E-state index in [2.05, 4.69) is 31.0 Å². The van der Waals surface area contributed by atoms with E-state index in [1.165, 1.54) is 5.69 Å². The van der Waals surface area contributed by atoms with Gasteiger partial charge < -0.3 is 19.3 Å². The quantitative estimate of drug-likeness (QED) is 0.679. The van der Waals surface area contributed by atoms with Crippen molar-refractivity contribution in [2.45, 2.75) is 20.0 Å². The molecule has 0 bridgehead atoms. The van der Waals surface area contributed by atoms with E-state index >= 15 is 0 Å². The molecule has 0 spiro atoms. The van der Waals surface area contributed by atoms with Crippen molar-refractivity contribution >= 4 is 5.96 Å². The molecule has 2 rings (SSSR count). The third-order valence-electron chi connectivity index (χ3n) is 3.12. The highest BCUT2D eigenvalue weighted by molar-refractivity contribution is 5.79. The molecule has 0 radical (unpaired) electrons. The zero-order chi connectivity index (χ0) is 14.5. The summed E-state index contributed by atoms with van der Waals surface area (Å²) in [6.07, 6.45) is 2.04. The highest BCUT2D eigenvalue weighted by Crippen LogP contribution is 2.05. The summed E-state index contributed by atoms with van der Waals surface area (Å²) in [6, 6.07) is 6.05. The molecule has 0 fully saturated rings. The second-order valence-corrected chi connectivity index (χ2v) is 4.80. The normalized spacial score (nSPS) is 11.7. The minimum absolute atomic E-state index is 0.574. The minimum Gasteiger partial charge on any atom is -0.359 e. The van der Waals surface area contributed by atoms with Gasteiger partial charge in [0.05, 0.1) is 18.8 Å². The Hall–Kier alpha value is -2.24. The summed E-state index contributed by atoms with van der Waals surface area (Å²) < 4.78 is 7.27. The second kappa shape index (κ2) is 6.27. The number of nitrogens with one attached hydrogen (secondary N) is 1. The Morgan fingerprint density at radius 2 is 2.35 bits per heavy atom. The molecule has 0 saturated heterocycles. The van der Waals surface area contributed by atoms with Crippen LogP contribution in [-0.2, 0) is 20.1 Å². The number of aryl methyl sites for hydroxylation is 2. The maximum Gasteiger partial charge on any atom is 0.194 e. The molecule has 2 aromatic rings. The van der Waals surface area contributed by atoms with Crippen LogP contribution in [0, 0.1) is 6.92 Å². The van der Waals surface area contributed by atoms with Crippen LogP contribution < -0.4 is 5.32 Å². The lowest BCUT2D eigenvalue weighted by atomic mass is 10.4. The van der Waals surface area contributed by atoms with Crippen molar-refractivity contribution in [1.82, 2.24) is 19.9 Å². The van der Waals surface area contributed by atoms with Gasteiger partial charge in [0.2, 0.25) is 0 Å². The van der Waals surface area contributed by atoms with Crippen molar-refractivity contribution in [2.24, 2.45) is 12.0 Å². The summed E-state index contributed by atoms with van der Waals surface area (Å²) in [5, 5.41) is 7.13. The van der Waals surface area contributed by atoms with E-state index < -0.39 is 0 Å². The van der Waals surface area contributed by atoms with E-state index in [0.29, 0.717) is 6.54 Å². The average molecular weight is 275 g/mol. The van der Waals surface area contributed by atoms with Crippen molar-refractivity contribution in [3.63, 3.8) is 0 Å². The van der Waals surface area contributed by atoms with Gasteiger partial charge in [-0.3, -0.25) is 4.99 Å². The molecule has 0 unspecified atom stereocenters. The summed E-state index contributed by atoms with van der Waals surface area (Å²) in [5.41, 5.74) is 2.11. The zero-order valence-electron chi connectivity index (χ0n) is 12.4. The van der Waals surface area contributed by atoms with Crippen LogP contribution in [0.4, 0.5) is 0 Å². The first-order valence-electron chi connectivity index (χ1n) is 6.54. The molecule has 6 nitrogen and oxygen atoms in total. The number of hydrogen-bond donors (Lipinski definition) is 1. The standard InChI is InChI=1S/C14H21N5O/c1-11-8-13(20-17-11)9-16-14(15-2)19(4)10-12-6-5-7-18(12)3/h5-8H,9-10H2,1-4H3,(H,15,16). The Labute approximate surface area is 119 Å². The first-order chi connectivity index (χ1) is 9.60. The molecule has 0 aliphatic heterocycles. The van der Waals surface area contributed by atoms with E-state index in [9.17, 15) is 0 Å². The summed E-state index contributed by atoms with van der Waals surface area (Å²) >= 11 is 0. The van der Waals surface area contributed by atoms with Crippen molar-refractivity contribution in [3.8, 4) is 0 Å². The van der Waals surface area contributed by atoms with Crippen LogP contribution in [0.1, 0.15) is 17.1 Å². The smallest absolute Gasteiger partial charge is 0.194 e. The molecule has 6 heteroatoms. The maximum absolute atomic E-state index is 5.17. The van der Waals surface area contributed by atoms with Crippen molar-refractivity contribution in [3.05, 3.63) is 41.5 Å². The summed E-state index contributed by atoms with van der Waals surface area (Å²) in [6.45, 7) is 3.27. The molecule has 2 heterocycles. The lowest BCUT2D eigenvalue weighted by Gasteiger charge is -2.21. The van der Waals surface area contributed by atoms with Gasteiger partial charge in [-0.15, -0.1) is 0 Å². The van der Waals surface area contributed by atoms with Crippen LogP contribution in [0.5, 0.6) is 0 Å². The minimum atomic E-state index is 0.574. The monoisotopic (exact) mass is 275 g/mol. The number of aromatic nitrogens is 2. The van der Waals surface area contributed by atoms with E-state index in [1.54, 1.807) is 7.05 Å². The third-order valence-corrected chi connectivity index (χ3v) is 3.12. The predicted octanol–water partition coefficient (Wildman–Crippen LogP) is 1.53. The number of hydrogen-bond acceptors (Lipinski definition) is 3. The van der Waals surface area contributed by atoms with E-state index in [1.807, 2.05) is 39.3 Å². The van der Waals surface area contributed by atoms with Crippen LogP contribution in [0.15, 0.2) is 33.9 Å². The fraction of sp³-hybridized carbons (Fsp3) is 0.429. The highest BCUT2D eigenvalue weighted by Gasteiger charge is 2.09. The number of rotatable bonds is 4. The number of nitrogens with zero attached hydrogens (tertiary/aromatic N) is 4. The van der Waals surface area contributed by atoms with Crippen LogP contribution >= 0.6 is 0 Å². The first kappa shape index (κ1) is 14.2. The molecule has 0 atom stereocenters. The Morgan fingerprint density at radius 3 is 2.90 bits per heavy atom. The molecule has 0 saturated carbocycles.